The maximum absolute atomic E-state index is 12.1. The third-order valence-corrected chi connectivity index (χ3v) is 3.84. The summed E-state index contributed by atoms with van der Waals surface area (Å²) in [5.74, 6) is 0.472. The molecule has 1 aliphatic carbocycles. The maximum Gasteiger partial charge on any atom is 0.251 e. The fourth-order valence-electron chi connectivity index (χ4n) is 2.34. The van der Waals surface area contributed by atoms with E-state index in [0.29, 0.717) is 30.2 Å². The highest BCUT2D eigenvalue weighted by atomic mass is 16.5. The molecule has 0 atom stereocenters. The lowest BCUT2D eigenvalue weighted by molar-refractivity contribution is -0.0679. The molecule has 1 saturated carbocycles. The van der Waals surface area contributed by atoms with Crippen LogP contribution in [0.3, 0.4) is 0 Å². The van der Waals surface area contributed by atoms with Crippen LogP contribution in [-0.4, -0.2) is 31.8 Å². The molecule has 0 unspecified atom stereocenters. The maximum atomic E-state index is 12.1. The largest absolute Gasteiger partial charge is 0.492 e. The molecule has 0 spiro atoms. The molecule has 1 amide bonds. The van der Waals surface area contributed by atoms with E-state index in [0.717, 1.165) is 19.3 Å². The predicted molar refractivity (Wildman–Crippen MR) is 77.9 cm³/mol. The first-order valence-corrected chi connectivity index (χ1v) is 6.96. The van der Waals surface area contributed by atoms with Crippen LogP contribution in [0.4, 0.5) is 5.69 Å². The van der Waals surface area contributed by atoms with Crippen LogP contribution >= 0.6 is 0 Å². The Balaban J connectivity index is 1.97. The van der Waals surface area contributed by atoms with Crippen molar-refractivity contribution in [2.45, 2.75) is 31.8 Å². The van der Waals surface area contributed by atoms with Gasteiger partial charge in [0.1, 0.15) is 5.75 Å². The van der Waals surface area contributed by atoms with E-state index in [9.17, 15) is 4.79 Å². The molecule has 1 fully saturated rings. The molecule has 1 aromatic carbocycles. The molecule has 3 N–H and O–H groups in total. The Bertz CT molecular complexity index is 478. The van der Waals surface area contributed by atoms with E-state index in [1.54, 1.807) is 25.3 Å². The Morgan fingerprint density at radius 3 is 2.70 bits per heavy atom. The number of carbonyl (C=O) groups excluding carboxylic acids is 1. The molecule has 0 aromatic heterocycles. The quantitative estimate of drug-likeness (QED) is 0.780. The number of carbonyl (C=O) groups is 1. The average molecular weight is 278 g/mol. The highest BCUT2D eigenvalue weighted by Gasteiger charge is 2.37. The van der Waals surface area contributed by atoms with E-state index in [-0.39, 0.29) is 11.5 Å². The highest BCUT2D eigenvalue weighted by molar-refractivity contribution is 5.95. The first kappa shape index (κ1) is 14.7. The van der Waals surface area contributed by atoms with Gasteiger partial charge in [-0.25, -0.2) is 0 Å². The van der Waals surface area contributed by atoms with Crippen LogP contribution in [0, 0.1) is 0 Å². The SMILES string of the molecule is CCOc1ccc(C(=O)NCC2(OC)CCC2)cc1N. The fraction of sp³-hybridized carbons (Fsp3) is 0.533. The normalized spacial score (nSPS) is 16.3. The lowest BCUT2D eigenvalue weighted by Crippen LogP contribution is -2.49. The first-order chi connectivity index (χ1) is 9.60. The molecule has 5 heteroatoms. The molecule has 20 heavy (non-hydrogen) atoms. The number of nitrogen functional groups attached to an aromatic ring is 1. The monoisotopic (exact) mass is 278 g/mol. The van der Waals surface area contributed by atoms with Gasteiger partial charge < -0.3 is 20.5 Å². The van der Waals surface area contributed by atoms with Crippen molar-refractivity contribution in [1.82, 2.24) is 5.32 Å². The van der Waals surface area contributed by atoms with Crippen molar-refractivity contribution in [1.29, 1.82) is 0 Å². The molecule has 5 nitrogen and oxygen atoms in total. The van der Waals surface area contributed by atoms with Gasteiger partial charge in [-0.1, -0.05) is 0 Å². The molecule has 0 aliphatic heterocycles. The molecule has 2 rings (SSSR count). The minimum absolute atomic E-state index is 0.136. The van der Waals surface area contributed by atoms with Crippen LogP contribution in [-0.2, 0) is 4.74 Å². The van der Waals surface area contributed by atoms with Crippen LogP contribution < -0.4 is 15.8 Å². The number of benzene rings is 1. The van der Waals surface area contributed by atoms with E-state index >= 15 is 0 Å². The number of nitrogens with two attached hydrogens (primary N) is 1. The van der Waals surface area contributed by atoms with Gasteiger partial charge in [0.2, 0.25) is 0 Å². The summed E-state index contributed by atoms with van der Waals surface area (Å²) in [6.45, 7) is 2.98. The van der Waals surface area contributed by atoms with Crippen LogP contribution in [0.1, 0.15) is 36.5 Å². The van der Waals surface area contributed by atoms with E-state index < -0.39 is 0 Å². The van der Waals surface area contributed by atoms with Crippen molar-refractivity contribution in [3.8, 4) is 5.75 Å². The zero-order valence-corrected chi connectivity index (χ0v) is 12.1. The first-order valence-electron chi connectivity index (χ1n) is 6.96. The summed E-state index contributed by atoms with van der Waals surface area (Å²) in [4.78, 5) is 12.1. The van der Waals surface area contributed by atoms with E-state index in [1.165, 1.54) is 0 Å². The van der Waals surface area contributed by atoms with Crippen molar-refractivity contribution >= 4 is 11.6 Å². The summed E-state index contributed by atoms with van der Waals surface area (Å²) in [6, 6.07) is 5.08. The van der Waals surface area contributed by atoms with Gasteiger partial charge in [0.25, 0.3) is 5.91 Å². The molecule has 1 aromatic rings. The van der Waals surface area contributed by atoms with Gasteiger partial charge in [-0.3, -0.25) is 4.79 Å². The third-order valence-electron chi connectivity index (χ3n) is 3.84. The van der Waals surface area contributed by atoms with Gasteiger partial charge in [0, 0.05) is 19.2 Å². The Hall–Kier alpha value is -1.75. The zero-order valence-electron chi connectivity index (χ0n) is 12.1. The lowest BCUT2D eigenvalue weighted by Gasteiger charge is -2.40. The number of nitrogens with one attached hydrogen (secondary N) is 1. The second-order valence-electron chi connectivity index (χ2n) is 5.11. The van der Waals surface area contributed by atoms with Gasteiger partial charge >= 0.3 is 0 Å². The number of ether oxygens (including phenoxy) is 2. The van der Waals surface area contributed by atoms with Gasteiger partial charge in [0.15, 0.2) is 0 Å². The van der Waals surface area contributed by atoms with E-state index in [1.807, 2.05) is 6.92 Å². The van der Waals surface area contributed by atoms with Gasteiger partial charge in [-0.05, 0) is 44.4 Å². The molecule has 0 radical (unpaired) electrons. The molecular formula is C15H22N2O3. The Kier molecular flexibility index (Phi) is 4.49. The van der Waals surface area contributed by atoms with Crippen molar-refractivity contribution in [3.63, 3.8) is 0 Å². The standard InChI is InChI=1S/C15H22N2O3/c1-3-20-13-6-5-11(9-12(13)16)14(18)17-10-15(19-2)7-4-8-15/h5-6,9H,3-4,7-8,10,16H2,1-2H3,(H,17,18). The topological polar surface area (TPSA) is 73.6 Å². The van der Waals surface area contributed by atoms with Gasteiger partial charge in [-0.15, -0.1) is 0 Å². The minimum atomic E-state index is -0.174. The lowest BCUT2D eigenvalue weighted by atomic mass is 9.80. The van der Waals surface area contributed by atoms with Crippen LogP contribution in [0.15, 0.2) is 18.2 Å². The zero-order chi connectivity index (χ0) is 14.6. The summed E-state index contributed by atoms with van der Waals surface area (Å²) in [5.41, 5.74) is 6.70. The smallest absolute Gasteiger partial charge is 0.251 e. The number of amides is 1. The number of rotatable bonds is 6. The minimum Gasteiger partial charge on any atom is -0.492 e. The molecule has 0 heterocycles. The summed E-state index contributed by atoms with van der Waals surface area (Å²) in [5, 5.41) is 2.91. The van der Waals surface area contributed by atoms with Gasteiger partial charge in [-0.2, -0.15) is 0 Å². The summed E-state index contributed by atoms with van der Waals surface area (Å²) in [7, 11) is 1.69. The summed E-state index contributed by atoms with van der Waals surface area (Å²) < 4.78 is 10.8. The third kappa shape index (κ3) is 3.04. The fourth-order valence-corrected chi connectivity index (χ4v) is 2.34. The number of anilines is 1. The second-order valence-corrected chi connectivity index (χ2v) is 5.11. The van der Waals surface area contributed by atoms with Crippen LogP contribution in [0.5, 0.6) is 5.75 Å². The molecule has 0 saturated heterocycles. The predicted octanol–water partition coefficient (Wildman–Crippen LogP) is 1.97. The molecular weight excluding hydrogens is 256 g/mol. The number of hydrogen-bond acceptors (Lipinski definition) is 4. The number of methoxy groups -OCH3 is 1. The number of hydrogen-bond donors (Lipinski definition) is 2. The van der Waals surface area contributed by atoms with Crippen LogP contribution in [0.25, 0.3) is 0 Å². The summed E-state index contributed by atoms with van der Waals surface area (Å²) in [6.07, 6.45) is 3.14. The molecule has 110 valence electrons. The van der Waals surface area contributed by atoms with E-state index in [4.69, 9.17) is 15.2 Å². The summed E-state index contributed by atoms with van der Waals surface area (Å²) >= 11 is 0. The van der Waals surface area contributed by atoms with Crippen molar-refractivity contribution in [3.05, 3.63) is 23.8 Å². The molecule has 1 aliphatic rings. The van der Waals surface area contributed by atoms with E-state index in [2.05, 4.69) is 5.32 Å². The van der Waals surface area contributed by atoms with Crippen molar-refractivity contribution in [2.75, 3.05) is 26.0 Å². The highest BCUT2D eigenvalue weighted by Crippen LogP contribution is 2.34. The van der Waals surface area contributed by atoms with Gasteiger partial charge in [0.05, 0.1) is 17.9 Å². The average Bonchev–Trinajstić information content (AvgIpc) is 2.40. The Morgan fingerprint density at radius 2 is 2.20 bits per heavy atom. The second kappa shape index (κ2) is 6.13. The van der Waals surface area contributed by atoms with Crippen molar-refractivity contribution < 1.29 is 14.3 Å². The Morgan fingerprint density at radius 1 is 1.45 bits per heavy atom. The molecule has 0 bridgehead atoms. The Labute approximate surface area is 119 Å². The van der Waals surface area contributed by atoms with Crippen molar-refractivity contribution in [2.24, 2.45) is 0 Å². The van der Waals surface area contributed by atoms with Crippen LogP contribution in [0.2, 0.25) is 0 Å².